The zero-order valence-electron chi connectivity index (χ0n) is 15.7. The molecule has 0 heterocycles. The molecule has 0 aromatic heterocycles. The van der Waals surface area contributed by atoms with Crippen LogP contribution in [0.15, 0.2) is 48.5 Å². The SMILES string of the molecule is COc1ccc(C(O)(c2ccc(OC)cc2)C(N)C2CCCCC2)cc1. The third-order valence-corrected chi connectivity index (χ3v) is 5.70. The zero-order valence-corrected chi connectivity index (χ0v) is 15.7. The summed E-state index contributed by atoms with van der Waals surface area (Å²) in [6.07, 6.45) is 5.75. The summed E-state index contributed by atoms with van der Waals surface area (Å²) in [5.74, 6) is 1.83. The molecule has 4 nitrogen and oxygen atoms in total. The molecule has 0 radical (unpaired) electrons. The minimum absolute atomic E-state index is 0.304. The van der Waals surface area contributed by atoms with Crippen LogP contribution in [0.4, 0.5) is 0 Å². The van der Waals surface area contributed by atoms with Gasteiger partial charge in [0, 0.05) is 6.04 Å². The van der Waals surface area contributed by atoms with Crippen molar-refractivity contribution in [2.45, 2.75) is 43.7 Å². The Labute approximate surface area is 155 Å². The van der Waals surface area contributed by atoms with E-state index in [-0.39, 0.29) is 6.04 Å². The van der Waals surface area contributed by atoms with Gasteiger partial charge in [0.25, 0.3) is 0 Å². The van der Waals surface area contributed by atoms with Gasteiger partial charge in [0.1, 0.15) is 17.1 Å². The standard InChI is InChI=1S/C22H29NO3/c1-25-19-12-8-17(9-13-19)22(24,18-10-14-20(26-2)15-11-18)21(23)16-6-4-3-5-7-16/h8-16,21,24H,3-7,23H2,1-2H3. The molecule has 0 aliphatic heterocycles. The molecule has 0 bridgehead atoms. The summed E-state index contributed by atoms with van der Waals surface area (Å²) in [5.41, 5.74) is 7.06. The molecule has 2 aromatic carbocycles. The zero-order chi connectivity index (χ0) is 18.6. The Balaban J connectivity index is 2.03. The second-order valence-corrected chi connectivity index (χ2v) is 7.15. The fraction of sp³-hybridized carbons (Fsp3) is 0.455. The molecule has 1 unspecified atom stereocenters. The highest BCUT2D eigenvalue weighted by molar-refractivity contribution is 5.42. The van der Waals surface area contributed by atoms with E-state index in [0.717, 1.165) is 35.5 Å². The molecule has 2 aromatic rings. The smallest absolute Gasteiger partial charge is 0.130 e. The lowest BCUT2D eigenvalue weighted by molar-refractivity contribution is 0.0218. The lowest BCUT2D eigenvalue weighted by Crippen LogP contribution is -2.51. The van der Waals surface area contributed by atoms with Crippen LogP contribution in [0, 0.1) is 5.92 Å². The van der Waals surface area contributed by atoms with Gasteiger partial charge in [0.2, 0.25) is 0 Å². The van der Waals surface area contributed by atoms with E-state index in [2.05, 4.69) is 0 Å². The molecule has 26 heavy (non-hydrogen) atoms. The first-order valence-electron chi connectivity index (χ1n) is 9.36. The van der Waals surface area contributed by atoms with Crippen molar-refractivity contribution in [3.05, 3.63) is 59.7 Å². The van der Waals surface area contributed by atoms with E-state index < -0.39 is 5.60 Å². The van der Waals surface area contributed by atoms with E-state index in [1.165, 1.54) is 19.3 Å². The minimum Gasteiger partial charge on any atom is -0.497 e. The minimum atomic E-state index is -1.25. The number of aliphatic hydroxyl groups is 1. The quantitative estimate of drug-likeness (QED) is 0.826. The van der Waals surface area contributed by atoms with Crippen LogP contribution in [0.5, 0.6) is 11.5 Å². The van der Waals surface area contributed by atoms with Crippen molar-refractivity contribution < 1.29 is 14.6 Å². The Morgan fingerprint density at radius 2 is 1.27 bits per heavy atom. The maximum absolute atomic E-state index is 11.9. The van der Waals surface area contributed by atoms with Crippen molar-refractivity contribution in [2.24, 2.45) is 11.7 Å². The Bertz CT molecular complexity index is 643. The Morgan fingerprint density at radius 1 is 0.846 bits per heavy atom. The molecular formula is C22H29NO3. The summed E-state index contributed by atoms with van der Waals surface area (Å²) in [5, 5.41) is 11.9. The molecule has 1 saturated carbocycles. The monoisotopic (exact) mass is 355 g/mol. The Morgan fingerprint density at radius 3 is 1.65 bits per heavy atom. The molecule has 3 rings (SSSR count). The summed E-state index contributed by atoms with van der Waals surface area (Å²) in [6.45, 7) is 0. The molecule has 1 aliphatic carbocycles. The number of ether oxygens (including phenoxy) is 2. The van der Waals surface area contributed by atoms with Crippen molar-refractivity contribution in [1.82, 2.24) is 0 Å². The first-order chi connectivity index (χ1) is 12.6. The molecule has 0 amide bonds. The second kappa shape index (κ2) is 8.11. The molecular weight excluding hydrogens is 326 g/mol. The predicted octanol–water partition coefficient (Wildman–Crippen LogP) is 3.85. The van der Waals surface area contributed by atoms with Gasteiger partial charge >= 0.3 is 0 Å². The topological polar surface area (TPSA) is 64.7 Å². The van der Waals surface area contributed by atoms with Gasteiger partial charge in [-0.25, -0.2) is 0 Å². The fourth-order valence-corrected chi connectivity index (χ4v) is 4.08. The van der Waals surface area contributed by atoms with E-state index >= 15 is 0 Å². The molecule has 0 spiro atoms. The van der Waals surface area contributed by atoms with Gasteiger partial charge in [-0.2, -0.15) is 0 Å². The largest absolute Gasteiger partial charge is 0.497 e. The van der Waals surface area contributed by atoms with Crippen LogP contribution in [0.3, 0.4) is 0 Å². The van der Waals surface area contributed by atoms with Crippen molar-refractivity contribution in [3.8, 4) is 11.5 Å². The number of benzene rings is 2. The van der Waals surface area contributed by atoms with Gasteiger partial charge in [-0.3, -0.25) is 0 Å². The van der Waals surface area contributed by atoms with Crippen molar-refractivity contribution in [2.75, 3.05) is 14.2 Å². The number of nitrogens with two attached hydrogens (primary N) is 1. The van der Waals surface area contributed by atoms with E-state index in [9.17, 15) is 5.11 Å². The summed E-state index contributed by atoms with van der Waals surface area (Å²) in [7, 11) is 3.27. The second-order valence-electron chi connectivity index (χ2n) is 7.15. The van der Waals surface area contributed by atoms with Crippen LogP contribution in [0.1, 0.15) is 43.2 Å². The highest BCUT2D eigenvalue weighted by atomic mass is 16.5. The van der Waals surface area contributed by atoms with Crippen molar-refractivity contribution in [3.63, 3.8) is 0 Å². The first kappa shape index (κ1) is 18.7. The summed E-state index contributed by atoms with van der Waals surface area (Å²) >= 11 is 0. The molecule has 1 atom stereocenters. The molecule has 0 saturated heterocycles. The average molecular weight is 355 g/mol. The highest BCUT2D eigenvalue weighted by Gasteiger charge is 2.42. The van der Waals surface area contributed by atoms with Crippen molar-refractivity contribution >= 4 is 0 Å². The molecule has 3 N–H and O–H groups in total. The number of hydrogen-bond donors (Lipinski definition) is 2. The maximum atomic E-state index is 11.9. The van der Waals surface area contributed by atoms with E-state index in [1.807, 2.05) is 48.5 Å². The third-order valence-electron chi connectivity index (χ3n) is 5.70. The van der Waals surface area contributed by atoms with Gasteiger partial charge in [0.15, 0.2) is 0 Å². The molecule has 4 heteroatoms. The Hall–Kier alpha value is -2.04. The van der Waals surface area contributed by atoms with E-state index in [1.54, 1.807) is 14.2 Å². The van der Waals surface area contributed by atoms with Crippen LogP contribution in [-0.2, 0) is 5.60 Å². The average Bonchev–Trinajstić information content (AvgIpc) is 2.73. The normalized spacial score (nSPS) is 16.9. The summed E-state index contributed by atoms with van der Waals surface area (Å²) < 4.78 is 10.5. The first-order valence-corrected chi connectivity index (χ1v) is 9.36. The molecule has 1 fully saturated rings. The fourth-order valence-electron chi connectivity index (χ4n) is 4.08. The van der Waals surface area contributed by atoms with Crippen LogP contribution in [0.2, 0.25) is 0 Å². The molecule has 140 valence electrons. The van der Waals surface area contributed by atoms with Crippen LogP contribution in [-0.4, -0.2) is 25.4 Å². The van der Waals surface area contributed by atoms with Crippen LogP contribution >= 0.6 is 0 Å². The van der Waals surface area contributed by atoms with Gasteiger partial charge < -0.3 is 20.3 Å². The third kappa shape index (κ3) is 3.57. The van der Waals surface area contributed by atoms with Crippen molar-refractivity contribution in [1.29, 1.82) is 0 Å². The van der Waals surface area contributed by atoms with Gasteiger partial charge in [0.05, 0.1) is 14.2 Å². The Kier molecular flexibility index (Phi) is 5.84. The maximum Gasteiger partial charge on any atom is 0.130 e. The number of methoxy groups -OCH3 is 2. The lowest BCUT2D eigenvalue weighted by Gasteiger charge is -2.41. The van der Waals surface area contributed by atoms with E-state index in [4.69, 9.17) is 15.2 Å². The highest BCUT2D eigenvalue weighted by Crippen LogP contribution is 2.40. The number of rotatable bonds is 6. The summed E-state index contributed by atoms with van der Waals surface area (Å²) in [6, 6.07) is 14.8. The van der Waals surface area contributed by atoms with Gasteiger partial charge in [-0.1, -0.05) is 43.5 Å². The van der Waals surface area contributed by atoms with Crippen LogP contribution in [0.25, 0.3) is 0 Å². The van der Waals surface area contributed by atoms with E-state index in [0.29, 0.717) is 5.92 Å². The predicted molar refractivity (Wildman–Crippen MR) is 104 cm³/mol. The number of hydrogen-bond acceptors (Lipinski definition) is 4. The van der Waals surface area contributed by atoms with Gasteiger partial charge in [-0.05, 0) is 54.2 Å². The lowest BCUT2D eigenvalue weighted by atomic mass is 9.71. The van der Waals surface area contributed by atoms with Crippen LogP contribution < -0.4 is 15.2 Å². The summed E-state index contributed by atoms with van der Waals surface area (Å²) in [4.78, 5) is 0. The molecule has 1 aliphatic rings. The van der Waals surface area contributed by atoms with Gasteiger partial charge in [-0.15, -0.1) is 0 Å².